The molecule has 0 radical (unpaired) electrons. The van der Waals surface area contributed by atoms with Crippen LogP contribution in [-0.2, 0) is 29.1 Å². The Morgan fingerprint density at radius 2 is 1.83 bits per heavy atom. The van der Waals surface area contributed by atoms with Gasteiger partial charge in [-0.1, -0.05) is 12.1 Å². The first kappa shape index (κ1) is 16.9. The molecule has 0 bridgehead atoms. The summed E-state index contributed by atoms with van der Waals surface area (Å²) < 4.78 is 34.3. The average Bonchev–Trinajstić information content (AvgIpc) is 2.66. The number of ether oxygens (including phenoxy) is 2. The number of rotatable bonds is 5. The molecule has 0 unspecified atom stereocenters. The summed E-state index contributed by atoms with van der Waals surface area (Å²) in [6.45, 7) is 1.82. The first-order valence-electron chi connectivity index (χ1n) is 6.74. The molecule has 8 nitrogen and oxygen atoms in total. The third-order valence-corrected chi connectivity index (χ3v) is 4.69. The molecule has 2 rings (SSSR count). The van der Waals surface area contributed by atoms with E-state index in [1.807, 2.05) is 0 Å². The smallest absolute Gasteiger partial charge is 0.344 e. The van der Waals surface area contributed by atoms with Crippen molar-refractivity contribution in [3.05, 3.63) is 29.8 Å². The number of hydrogen-bond acceptors (Lipinski definition) is 7. The molecule has 0 atom stereocenters. The quantitative estimate of drug-likeness (QED) is 0.710. The summed E-state index contributed by atoms with van der Waals surface area (Å²) in [6, 6.07) is 5.65. The van der Waals surface area contributed by atoms with Crippen molar-refractivity contribution < 1.29 is 32.3 Å². The summed E-state index contributed by atoms with van der Waals surface area (Å²) in [6.07, 6.45) is -0.365. The fraction of sp³-hybridized carbons (Fsp3) is 0.357. The van der Waals surface area contributed by atoms with E-state index in [0.29, 0.717) is 4.31 Å². The zero-order valence-electron chi connectivity index (χ0n) is 12.5. The largest absolute Gasteiger partial charge is 0.460 e. The highest BCUT2D eigenvalue weighted by atomic mass is 32.2. The fourth-order valence-corrected chi connectivity index (χ4v) is 3.50. The fourth-order valence-electron chi connectivity index (χ4n) is 1.99. The van der Waals surface area contributed by atoms with Gasteiger partial charge < -0.3 is 9.47 Å². The summed E-state index contributed by atoms with van der Waals surface area (Å²) in [5.74, 6) is -2.58. The van der Waals surface area contributed by atoms with Crippen LogP contribution in [-0.4, -0.2) is 49.8 Å². The standard InChI is InChI=1S/C14H15NO7S/c1-9(2)22-13(17)8-21-12(16)7-15-14(18)10-5-3-4-6-11(10)23(15,19)20/h3-6,9H,7-8H2,1-2H3. The first-order valence-corrected chi connectivity index (χ1v) is 8.18. The summed E-state index contributed by atoms with van der Waals surface area (Å²) in [5.41, 5.74) is -0.000447. The molecule has 0 aromatic heterocycles. The van der Waals surface area contributed by atoms with E-state index in [4.69, 9.17) is 4.74 Å². The molecule has 1 aliphatic heterocycles. The predicted octanol–water partition coefficient (Wildman–Crippen LogP) is 0.326. The molecule has 1 heterocycles. The van der Waals surface area contributed by atoms with Crippen LogP contribution < -0.4 is 0 Å². The molecule has 1 aliphatic rings. The van der Waals surface area contributed by atoms with Crippen LogP contribution in [0, 0.1) is 0 Å². The van der Waals surface area contributed by atoms with Crippen molar-refractivity contribution in [3.63, 3.8) is 0 Å². The molecule has 0 aliphatic carbocycles. The highest BCUT2D eigenvalue weighted by Gasteiger charge is 2.42. The molecule has 0 saturated heterocycles. The van der Waals surface area contributed by atoms with Crippen molar-refractivity contribution in [3.8, 4) is 0 Å². The minimum Gasteiger partial charge on any atom is -0.460 e. The first-order chi connectivity index (χ1) is 10.7. The second-order valence-corrected chi connectivity index (χ2v) is 6.84. The Morgan fingerprint density at radius 1 is 1.17 bits per heavy atom. The minimum atomic E-state index is -4.08. The van der Waals surface area contributed by atoms with Crippen LogP contribution in [0.3, 0.4) is 0 Å². The Kier molecular flexibility index (Phi) is 4.69. The van der Waals surface area contributed by atoms with Gasteiger partial charge in [0.05, 0.1) is 11.7 Å². The predicted molar refractivity (Wildman–Crippen MR) is 76.9 cm³/mol. The summed E-state index contributed by atoms with van der Waals surface area (Å²) in [5, 5.41) is 0. The van der Waals surface area contributed by atoms with Crippen molar-refractivity contribution in [1.82, 2.24) is 4.31 Å². The topological polar surface area (TPSA) is 107 Å². The lowest BCUT2D eigenvalue weighted by molar-refractivity contribution is -0.161. The zero-order valence-corrected chi connectivity index (χ0v) is 13.3. The van der Waals surface area contributed by atoms with E-state index in [-0.39, 0.29) is 16.6 Å². The number of sulfonamides is 1. The van der Waals surface area contributed by atoms with Crippen LogP contribution in [0.2, 0.25) is 0 Å². The SMILES string of the molecule is CC(C)OC(=O)COC(=O)CN1C(=O)c2ccccc2S1(=O)=O. The maximum Gasteiger partial charge on any atom is 0.344 e. The van der Waals surface area contributed by atoms with E-state index < -0.39 is 41.0 Å². The monoisotopic (exact) mass is 341 g/mol. The normalized spacial score (nSPS) is 15.4. The van der Waals surface area contributed by atoms with Crippen LogP contribution >= 0.6 is 0 Å². The van der Waals surface area contributed by atoms with Gasteiger partial charge in [-0.2, -0.15) is 0 Å². The molecule has 1 aromatic carbocycles. The third kappa shape index (κ3) is 3.50. The second-order valence-electron chi connectivity index (χ2n) is 5.01. The highest BCUT2D eigenvalue weighted by molar-refractivity contribution is 7.90. The number of amides is 1. The van der Waals surface area contributed by atoms with Gasteiger partial charge in [-0.05, 0) is 26.0 Å². The Hall–Kier alpha value is -2.42. The second kappa shape index (κ2) is 6.37. The molecule has 23 heavy (non-hydrogen) atoms. The lowest BCUT2D eigenvalue weighted by Crippen LogP contribution is -2.36. The summed E-state index contributed by atoms with van der Waals surface area (Å²) in [4.78, 5) is 34.9. The van der Waals surface area contributed by atoms with E-state index in [0.717, 1.165) is 0 Å². The molecule has 9 heteroatoms. The van der Waals surface area contributed by atoms with Gasteiger partial charge in [-0.15, -0.1) is 0 Å². The summed E-state index contributed by atoms with van der Waals surface area (Å²) in [7, 11) is -4.08. The molecule has 0 fully saturated rings. The summed E-state index contributed by atoms with van der Waals surface area (Å²) >= 11 is 0. The molecular weight excluding hydrogens is 326 g/mol. The lowest BCUT2D eigenvalue weighted by Gasteiger charge is -2.14. The van der Waals surface area contributed by atoms with Crippen molar-refractivity contribution in [1.29, 1.82) is 0 Å². The molecule has 0 spiro atoms. The van der Waals surface area contributed by atoms with E-state index in [1.54, 1.807) is 13.8 Å². The molecule has 1 amide bonds. The van der Waals surface area contributed by atoms with Crippen molar-refractivity contribution in [2.45, 2.75) is 24.8 Å². The third-order valence-electron chi connectivity index (χ3n) is 2.90. The van der Waals surface area contributed by atoms with Gasteiger partial charge in [-0.25, -0.2) is 17.5 Å². The van der Waals surface area contributed by atoms with Gasteiger partial charge in [0, 0.05) is 0 Å². The number of esters is 2. The highest BCUT2D eigenvalue weighted by Crippen LogP contribution is 2.29. The molecule has 1 aromatic rings. The number of hydrogen-bond donors (Lipinski definition) is 0. The molecule has 0 N–H and O–H groups in total. The van der Waals surface area contributed by atoms with Gasteiger partial charge in [0.15, 0.2) is 6.61 Å². The van der Waals surface area contributed by atoms with Crippen molar-refractivity contribution >= 4 is 27.9 Å². The van der Waals surface area contributed by atoms with E-state index in [2.05, 4.69) is 4.74 Å². The average molecular weight is 341 g/mol. The van der Waals surface area contributed by atoms with Gasteiger partial charge in [0.2, 0.25) is 0 Å². The zero-order chi connectivity index (χ0) is 17.2. The Morgan fingerprint density at radius 3 is 2.43 bits per heavy atom. The van der Waals surface area contributed by atoms with Crippen LogP contribution in [0.1, 0.15) is 24.2 Å². The van der Waals surface area contributed by atoms with E-state index >= 15 is 0 Å². The van der Waals surface area contributed by atoms with Gasteiger partial charge in [-0.3, -0.25) is 9.59 Å². The van der Waals surface area contributed by atoms with E-state index in [9.17, 15) is 22.8 Å². The Balaban J connectivity index is 2.03. The van der Waals surface area contributed by atoms with Crippen LogP contribution in [0.15, 0.2) is 29.2 Å². The number of carbonyl (C=O) groups is 3. The number of fused-ring (bicyclic) bond motifs is 1. The van der Waals surface area contributed by atoms with Gasteiger partial charge >= 0.3 is 11.9 Å². The Labute approximate surface area is 133 Å². The van der Waals surface area contributed by atoms with Crippen LogP contribution in [0.5, 0.6) is 0 Å². The Bertz CT molecular complexity index is 754. The van der Waals surface area contributed by atoms with E-state index in [1.165, 1.54) is 24.3 Å². The molecule has 0 saturated carbocycles. The number of benzene rings is 1. The lowest BCUT2D eigenvalue weighted by atomic mass is 10.2. The van der Waals surface area contributed by atoms with Gasteiger partial charge in [0.1, 0.15) is 11.4 Å². The van der Waals surface area contributed by atoms with Crippen molar-refractivity contribution in [2.75, 3.05) is 13.2 Å². The van der Waals surface area contributed by atoms with Crippen LogP contribution in [0.25, 0.3) is 0 Å². The number of carbonyl (C=O) groups excluding carboxylic acids is 3. The van der Waals surface area contributed by atoms with Crippen LogP contribution in [0.4, 0.5) is 0 Å². The maximum absolute atomic E-state index is 12.2. The number of nitrogens with zero attached hydrogens (tertiary/aromatic N) is 1. The maximum atomic E-state index is 12.2. The molecule has 124 valence electrons. The van der Waals surface area contributed by atoms with Gasteiger partial charge in [0.25, 0.3) is 15.9 Å². The molecular formula is C14H15NO7S. The minimum absolute atomic E-state index is 0.000447. The van der Waals surface area contributed by atoms with Crippen molar-refractivity contribution in [2.24, 2.45) is 0 Å².